The van der Waals surface area contributed by atoms with Gasteiger partial charge in [0, 0.05) is 17.7 Å². The van der Waals surface area contributed by atoms with Crippen LogP contribution in [0.5, 0.6) is 23.0 Å². The highest BCUT2D eigenvalue weighted by atomic mass is 16.7. The van der Waals surface area contributed by atoms with Gasteiger partial charge < -0.3 is 69.3 Å². The van der Waals surface area contributed by atoms with Crippen molar-refractivity contribution in [2.45, 2.75) is 68.3 Å². The van der Waals surface area contributed by atoms with E-state index in [1.165, 1.54) is 31.2 Å². The molecule has 0 bridgehead atoms. The Balaban J connectivity index is 1.39. The van der Waals surface area contributed by atoms with Crippen LogP contribution in [0, 0.1) is 0 Å². The van der Waals surface area contributed by atoms with Gasteiger partial charge in [-0.25, -0.2) is 0 Å². The molecule has 3 aromatic rings. The third-order valence-electron chi connectivity index (χ3n) is 7.22. The standard InChI is InChI=1S/C27H30O15/c1-9-18(31)21(34)23(36)26(39-9)38-8-16-19(32)22(35)24(37)27(42-16)41-15-7-13(30)17-12(29)6-14(40-25(17)20(15)33)10-2-4-11(28)5-3-10/h2-7,9,16,18-19,21-24,26-28,30-37H,8H2,1H3/t9-,16+,18-,19+,21+,22-,23+,24+,26+,27+/m0/s1. The SMILES string of the molecule is C[C@@H]1O[C@@H](OC[C@H]2O[C@@H](Oc3cc(O)c4c(=O)cc(-c5ccc(O)cc5)oc4c3O)[C@H](O)[C@@H](O)[C@@H]2O)[C@H](O)[C@H](O)[C@H]1O. The van der Waals surface area contributed by atoms with Gasteiger partial charge in [-0.15, -0.1) is 0 Å². The molecule has 2 aromatic carbocycles. The lowest BCUT2D eigenvalue weighted by molar-refractivity contribution is -0.318. The van der Waals surface area contributed by atoms with Crippen LogP contribution >= 0.6 is 0 Å². The van der Waals surface area contributed by atoms with Gasteiger partial charge in [0.25, 0.3) is 0 Å². The van der Waals surface area contributed by atoms with E-state index in [0.29, 0.717) is 5.56 Å². The molecule has 10 atom stereocenters. The molecule has 3 heterocycles. The number of aliphatic hydroxyl groups excluding tert-OH is 6. The van der Waals surface area contributed by atoms with Crippen molar-refractivity contribution in [3.63, 3.8) is 0 Å². The van der Waals surface area contributed by atoms with Crippen molar-refractivity contribution >= 4 is 11.0 Å². The molecule has 15 heteroatoms. The molecule has 1 aromatic heterocycles. The number of hydrogen-bond donors (Lipinski definition) is 9. The molecule has 5 rings (SSSR count). The molecular weight excluding hydrogens is 564 g/mol. The molecule has 0 spiro atoms. The Labute approximate surface area is 236 Å². The Morgan fingerprint density at radius 3 is 2.12 bits per heavy atom. The highest BCUT2D eigenvalue weighted by Gasteiger charge is 2.47. The second kappa shape index (κ2) is 11.6. The van der Waals surface area contributed by atoms with E-state index in [-0.39, 0.29) is 16.9 Å². The molecule has 0 amide bonds. The summed E-state index contributed by atoms with van der Waals surface area (Å²) in [7, 11) is 0. The Morgan fingerprint density at radius 1 is 0.786 bits per heavy atom. The number of aliphatic hydroxyl groups is 6. The molecule has 0 aliphatic carbocycles. The van der Waals surface area contributed by atoms with Crippen LogP contribution in [0.4, 0.5) is 0 Å². The maximum atomic E-state index is 12.8. The van der Waals surface area contributed by atoms with Crippen LogP contribution in [0.3, 0.4) is 0 Å². The minimum atomic E-state index is -1.88. The summed E-state index contributed by atoms with van der Waals surface area (Å²) in [5, 5.41) is 92.0. The summed E-state index contributed by atoms with van der Waals surface area (Å²) in [6, 6.07) is 7.57. The number of benzene rings is 2. The molecule has 15 nitrogen and oxygen atoms in total. The summed E-state index contributed by atoms with van der Waals surface area (Å²) in [5.41, 5.74) is -0.807. The number of phenolic OH excluding ortho intramolecular Hbond substituents is 3. The summed E-state index contributed by atoms with van der Waals surface area (Å²) in [5.74, 6) is -1.97. The van der Waals surface area contributed by atoms with E-state index in [4.69, 9.17) is 23.4 Å². The maximum Gasteiger partial charge on any atom is 0.229 e. The van der Waals surface area contributed by atoms with Crippen molar-refractivity contribution in [2.75, 3.05) is 6.61 Å². The van der Waals surface area contributed by atoms with E-state index in [2.05, 4.69) is 0 Å². The Morgan fingerprint density at radius 2 is 1.43 bits per heavy atom. The van der Waals surface area contributed by atoms with Crippen molar-refractivity contribution in [3.05, 3.63) is 46.6 Å². The normalized spacial score (nSPS) is 33.5. The van der Waals surface area contributed by atoms with Crippen molar-refractivity contribution < 1.29 is 69.3 Å². The number of aromatic hydroxyl groups is 3. The van der Waals surface area contributed by atoms with Crippen LogP contribution in [0.15, 0.2) is 45.6 Å². The van der Waals surface area contributed by atoms with Crippen molar-refractivity contribution in [2.24, 2.45) is 0 Å². The molecule has 228 valence electrons. The summed E-state index contributed by atoms with van der Waals surface area (Å²) >= 11 is 0. The summed E-state index contributed by atoms with van der Waals surface area (Å²) in [4.78, 5) is 12.8. The zero-order chi connectivity index (χ0) is 30.5. The molecule has 2 aliphatic heterocycles. The monoisotopic (exact) mass is 594 g/mol. The van der Waals surface area contributed by atoms with E-state index >= 15 is 0 Å². The molecule has 2 saturated heterocycles. The Kier molecular flexibility index (Phi) is 8.30. The summed E-state index contributed by atoms with van der Waals surface area (Å²) in [6.45, 7) is 0.884. The average Bonchev–Trinajstić information content (AvgIpc) is 2.96. The first kappa shape index (κ1) is 30.0. The van der Waals surface area contributed by atoms with E-state index in [1.54, 1.807) is 0 Å². The third kappa shape index (κ3) is 5.49. The second-order valence-electron chi connectivity index (χ2n) is 10.1. The smallest absolute Gasteiger partial charge is 0.229 e. The van der Waals surface area contributed by atoms with Crippen LogP contribution in [0.25, 0.3) is 22.3 Å². The van der Waals surface area contributed by atoms with Gasteiger partial charge in [0.1, 0.15) is 65.4 Å². The minimum Gasteiger partial charge on any atom is -0.508 e. The number of fused-ring (bicyclic) bond motifs is 1. The largest absolute Gasteiger partial charge is 0.508 e. The maximum absolute atomic E-state index is 12.8. The van der Waals surface area contributed by atoms with Gasteiger partial charge in [0.2, 0.25) is 12.0 Å². The predicted molar refractivity (Wildman–Crippen MR) is 139 cm³/mol. The average molecular weight is 595 g/mol. The predicted octanol–water partition coefficient (Wildman–Crippen LogP) is -1.39. The molecule has 2 aliphatic rings. The van der Waals surface area contributed by atoms with Crippen molar-refractivity contribution in [3.8, 4) is 34.3 Å². The molecule has 0 radical (unpaired) electrons. The van der Waals surface area contributed by atoms with E-state index in [1.807, 2.05) is 0 Å². The van der Waals surface area contributed by atoms with Gasteiger partial charge in [0.15, 0.2) is 23.1 Å². The molecule has 0 unspecified atom stereocenters. The highest BCUT2D eigenvalue weighted by molar-refractivity contribution is 5.91. The lowest BCUT2D eigenvalue weighted by Crippen LogP contribution is -2.61. The van der Waals surface area contributed by atoms with Gasteiger partial charge in [-0.05, 0) is 31.2 Å². The Bertz CT molecular complexity index is 1470. The number of phenols is 3. The molecule has 2 fully saturated rings. The first-order valence-electron chi connectivity index (χ1n) is 12.9. The van der Waals surface area contributed by atoms with Crippen LogP contribution in [-0.4, -0.2) is 114 Å². The lowest BCUT2D eigenvalue weighted by atomic mass is 9.98. The van der Waals surface area contributed by atoms with Crippen LogP contribution in [-0.2, 0) is 14.2 Å². The third-order valence-corrected chi connectivity index (χ3v) is 7.22. The molecule has 42 heavy (non-hydrogen) atoms. The van der Waals surface area contributed by atoms with E-state index in [9.17, 15) is 50.8 Å². The van der Waals surface area contributed by atoms with Gasteiger partial charge in [-0.3, -0.25) is 4.79 Å². The van der Waals surface area contributed by atoms with Gasteiger partial charge in [0.05, 0.1) is 12.7 Å². The zero-order valence-corrected chi connectivity index (χ0v) is 21.9. The molecule has 9 N–H and O–H groups in total. The minimum absolute atomic E-state index is 0.0110. The number of hydrogen-bond acceptors (Lipinski definition) is 15. The van der Waals surface area contributed by atoms with Crippen molar-refractivity contribution in [1.29, 1.82) is 0 Å². The van der Waals surface area contributed by atoms with Gasteiger partial charge in [-0.2, -0.15) is 0 Å². The van der Waals surface area contributed by atoms with Gasteiger partial charge in [-0.1, -0.05) is 0 Å². The molecular formula is C27H30O15. The summed E-state index contributed by atoms with van der Waals surface area (Å²) in [6.07, 6.45) is -15.6. The van der Waals surface area contributed by atoms with Crippen LogP contribution in [0.1, 0.15) is 6.92 Å². The Hall–Kier alpha value is -3.51. The fraction of sp³-hybridized carbons (Fsp3) is 0.444. The topological polar surface area (TPSA) is 249 Å². The van der Waals surface area contributed by atoms with Gasteiger partial charge >= 0.3 is 0 Å². The number of ether oxygens (including phenoxy) is 4. The molecule has 0 saturated carbocycles. The highest BCUT2D eigenvalue weighted by Crippen LogP contribution is 2.41. The summed E-state index contributed by atoms with van der Waals surface area (Å²) < 4.78 is 27.5. The second-order valence-corrected chi connectivity index (χ2v) is 10.1. The first-order chi connectivity index (χ1) is 19.9. The fourth-order valence-corrected chi connectivity index (χ4v) is 4.75. The quantitative estimate of drug-likeness (QED) is 0.149. The lowest BCUT2D eigenvalue weighted by Gasteiger charge is -2.42. The van der Waals surface area contributed by atoms with Crippen LogP contribution in [0.2, 0.25) is 0 Å². The first-order valence-corrected chi connectivity index (χ1v) is 12.9. The van der Waals surface area contributed by atoms with E-state index in [0.717, 1.165) is 12.1 Å². The zero-order valence-electron chi connectivity index (χ0n) is 21.9. The fourth-order valence-electron chi connectivity index (χ4n) is 4.75. The van der Waals surface area contributed by atoms with Crippen molar-refractivity contribution in [1.82, 2.24) is 0 Å². The number of rotatable bonds is 6. The van der Waals surface area contributed by atoms with E-state index < -0.39 is 96.3 Å². The van der Waals surface area contributed by atoms with Crippen LogP contribution < -0.4 is 10.2 Å².